The molecule has 0 N–H and O–H groups in total. The van der Waals surface area contributed by atoms with Gasteiger partial charge in [0.25, 0.3) is 6.10 Å². The van der Waals surface area contributed by atoms with Crippen LogP contribution in [0.5, 0.6) is 0 Å². The Morgan fingerprint density at radius 1 is 1.12 bits per heavy atom. The predicted octanol–water partition coefficient (Wildman–Crippen LogP) is 1.35. The van der Waals surface area contributed by atoms with Crippen molar-refractivity contribution in [3.63, 3.8) is 0 Å². The van der Waals surface area contributed by atoms with Gasteiger partial charge in [-0.25, -0.2) is 18.0 Å². The van der Waals surface area contributed by atoms with Crippen molar-refractivity contribution in [2.24, 2.45) is 0 Å². The highest BCUT2D eigenvalue weighted by molar-refractivity contribution is 7.86. The van der Waals surface area contributed by atoms with Crippen LogP contribution in [0.3, 0.4) is 0 Å². The fourth-order valence-electron chi connectivity index (χ4n) is 0.979. The van der Waals surface area contributed by atoms with E-state index in [1.165, 1.54) is 0 Å². The minimum atomic E-state index is -6.45. The number of halogens is 7. The van der Waals surface area contributed by atoms with Crippen LogP contribution in [-0.4, -0.2) is 55.0 Å². The van der Waals surface area contributed by atoms with Gasteiger partial charge in [-0.15, -0.1) is 0 Å². The van der Waals surface area contributed by atoms with Gasteiger partial charge in [0.05, 0.1) is 0 Å². The normalized spacial score (nSPS) is 14.6. The lowest BCUT2D eigenvalue weighted by atomic mass is 10.1. The summed E-state index contributed by atoms with van der Waals surface area (Å²) >= 11 is 0. The molecule has 0 aliphatic heterocycles. The smallest absolute Gasteiger partial charge is 0.432 e. The molecule has 0 fully saturated rings. The summed E-state index contributed by atoms with van der Waals surface area (Å²) in [5.41, 5.74) is -0.762. The standard InChI is InChI=1S/C10H9F7O7S/c1-4(2)5(18)24-6(10(15,16)17)9(13,14)7(19)23-3-8(11,12)25(20,21)22/h6H,1,3H2,2H3,(H,20,21,22)/p-1. The second-order valence-electron chi connectivity index (χ2n) is 4.40. The summed E-state index contributed by atoms with van der Waals surface area (Å²) in [4.78, 5) is 21.9. The maximum absolute atomic E-state index is 13.5. The number of esters is 2. The zero-order valence-electron chi connectivity index (χ0n) is 11.9. The molecule has 0 heterocycles. The average molecular weight is 405 g/mol. The van der Waals surface area contributed by atoms with Crippen LogP contribution < -0.4 is 0 Å². The van der Waals surface area contributed by atoms with Crippen LogP contribution in [0.1, 0.15) is 6.92 Å². The molecule has 0 bridgehead atoms. The van der Waals surface area contributed by atoms with E-state index in [0.717, 1.165) is 6.92 Å². The summed E-state index contributed by atoms with van der Waals surface area (Å²) in [6.07, 6.45) is -10.5. The SMILES string of the molecule is C=C(C)C(=O)OC(C(F)(F)F)C(F)(F)C(=O)OCC(F)(F)S(=O)(=O)[O-]. The van der Waals surface area contributed by atoms with E-state index >= 15 is 0 Å². The highest BCUT2D eigenvalue weighted by Crippen LogP contribution is 2.36. The first-order valence-electron chi connectivity index (χ1n) is 5.65. The third-order valence-corrected chi connectivity index (χ3v) is 3.06. The molecule has 25 heavy (non-hydrogen) atoms. The predicted molar refractivity (Wildman–Crippen MR) is 61.3 cm³/mol. The Bertz CT molecular complexity index is 653. The number of ether oxygens (including phenoxy) is 2. The topological polar surface area (TPSA) is 110 Å². The van der Waals surface area contributed by atoms with Crippen LogP contribution in [0.2, 0.25) is 0 Å². The summed E-state index contributed by atoms with van der Waals surface area (Å²) in [7, 11) is -6.45. The largest absolute Gasteiger partial charge is 0.743 e. The van der Waals surface area contributed by atoms with Crippen molar-refractivity contribution in [3.05, 3.63) is 12.2 Å². The fraction of sp³-hybridized carbons (Fsp3) is 0.600. The van der Waals surface area contributed by atoms with Crippen LogP contribution in [0.15, 0.2) is 12.2 Å². The van der Waals surface area contributed by atoms with E-state index < -0.39 is 57.7 Å². The van der Waals surface area contributed by atoms with Gasteiger partial charge < -0.3 is 14.0 Å². The number of hydrogen-bond donors (Lipinski definition) is 0. The molecular formula is C10H8F7O7S-. The number of alkyl halides is 7. The highest BCUT2D eigenvalue weighted by Gasteiger charge is 2.64. The van der Waals surface area contributed by atoms with Gasteiger partial charge in [0.15, 0.2) is 16.7 Å². The van der Waals surface area contributed by atoms with Crippen LogP contribution in [0.4, 0.5) is 30.7 Å². The molecule has 0 aromatic rings. The van der Waals surface area contributed by atoms with Crippen LogP contribution >= 0.6 is 0 Å². The maximum Gasteiger partial charge on any atom is 0.432 e. The quantitative estimate of drug-likeness (QED) is 0.272. The van der Waals surface area contributed by atoms with Gasteiger partial charge in [0.2, 0.25) is 0 Å². The van der Waals surface area contributed by atoms with Crippen molar-refractivity contribution in [1.82, 2.24) is 0 Å². The van der Waals surface area contributed by atoms with Crippen molar-refractivity contribution in [2.75, 3.05) is 6.61 Å². The van der Waals surface area contributed by atoms with E-state index in [-0.39, 0.29) is 0 Å². The molecule has 1 unspecified atom stereocenters. The second kappa shape index (κ2) is 7.15. The van der Waals surface area contributed by atoms with Crippen molar-refractivity contribution in [3.8, 4) is 0 Å². The van der Waals surface area contributed by atoms with Gasteiger partial charge in [0, 0.05) is 5.57 Å². The lowest BCUT2D eigenvalue weighted by molar-refractivity contribution is -0.277. The molecule has 0 aromatic carbocycles. The third-order valence-electron chi connectivity index (χ3n) is 2.21. The molecule has 0 amide bonds. The van der Waals surface area contributed by atoms with E-state index in [0.29, 0.717) is 0 Å². The molecule has 0 spiro atoms. The molecule has 0 aliphatic rings. The lowest BCUT2D eigenvalue weighted by Gasteiger charge is -2.27. The van der Waals surface area contributed by atoms with E-state index in [9.17, 15) is 53.3 Å². The molecule has 0 radical (unpaired) electrons. The van der Waals surface area contributed by atoms with E-state index in [2.05, 4.69) is 16.1 Å². The molecule has 0 aliphatic carbocycles. The third kappa shape index (κ3) is 5.84. The highest BCUT2D eigenvalue weighted by atomic mass is 32.2. The number of rotatable bonds is 7. The van der Waals surface area contributed by atoms with Crippen molar-refractivity contribution in [2.45, 2.75) is 30.4 Å². The monoisotopic (exact) mass is 405 g/mol. The van der Waals surface area contributed by atoms with Gasteiger partial charge in [-0.3, -0.25) is 0 Å². The van der Waals surface area contributed by atoms with E-state index in [1.54, 1.807) is 0 Å². The number of carbonyl (C=O) groups is 2. The molecule has 0 saturated carbocycles. The van der Waals surface area contributed by atoms with Crippen LogP contribution in [0, 0.1) is 0 Å². The van der Waals surface area contributed by atoms with Crippen LogP contribution in [0.25, 0.3) is 0 Å². The summed E-state index contributed by atoms with van der Waals surface area (Å²) in [6, 6.07) is 0. The van der Waals surface area contributed by atoms with Gasteiger partial charge in [-0.1, -0.05) is 6.58 Å². The van der Waals surface area contributed by atoms with Crippen LogP contribution in [-0.2, 0) is 29.2 Å². The Morgan fingerprint density at radius 3 is 1.88 bits per heavy atom. The van der Waals surface area contributed by atoms with E-state index in [4.69, 9.17) is 0 Å². The lowest BCUT2D eigenvalue weighted by Crippen LogP contribution is -2.53. The summed E-state index contributed by atoms with van der Waals surface area (Å²) in [6.45, 7) is 0.821. The molecule has 7 nitrogen and oxygen atoms in total. The number of carbonyl (C=O) groups excluding carboxylic acids is 2. The first kappa shape index (κ1) is 23.1. The number of hydrogen-bond acceptors (Lipinski definition) is 7. The van der Waals surface area contributed by atoms with Gasteiger partial charge in [-0.2, -0.15) is 30.7 Å². The minimum Gasteiger partial charge on any atom is -0.743 e. The first-order valence-corrected chi connectivity index (χ1v) is 7.06. The Morgan fingerprint density at radius 2 is 1.56 bits per heavy atom. The molecule has 0 saturated heterocycles. The Kier molecular flexibility index (Phi) is 6.61. The first-order chi connectivity index (χ1) is 10.8. The Labute approximate surface area is 135 Å². The molecule has 15 heteroatoms. The molecule has 146 valence electrons. The van der Waals surface area contributed by atoms with Crippen molar-refractivity contribution >= 4 is 22.1 Å². The van der Waals surface area contributed by atoms with Crippen molar-refractivity contribution in [1.29, 1.82) is 0 Å². The fourth-order valence-corrected chi connectivity index (χ4v) is 1.18. The van der Waals surface area contributed by atoms with Crippen molar-refractivity contribution < 1.29 is 62.8 Å². The summed E-state index contributed by atoms with van der Waals surface area (Å²) in [5, 5.41) is -5.37. The van der Waals surface area contributed by atoms with Gasteiger partial charge >= 0.3 is 29.3 Å². The molecule has 0 aromatic heterocycles. The molecule has 1 atom stereocenters. The summed E-state index contributed by atoms with van der Waals surface area (Å²) < 4.78 is 127. The Hall–Kier alpha value is -1.90. The second-order valence-corrected chi connectivity index (χ2v) is 5.90. The minimum absolute atomic E-state index is 0.762. The average Bonchev–Trinajstić information content (AvgIpc) is 2.38. The summed E-state index contributed by atoms with van der Waals surface area (Å²) in [5.74, 6) is -11.0. The van der Waals surface area contributed by atoms with E-state index in [1.807, 2.05) is 0 Å². The molecule has 0 rings (SSSR count). The zero-order valence-corrected chi connectivity index (χ0v) is 12.7. The maximum atomic E-state index is 13.5. The van der Waals surface area contributed by atoms with Gasteiger partial charge in [-0.05, 0) is 6.92 Å². The zero-order chi connectivity index (χ0) is 20.4. The Balaban J connectivity index is 5.48. The molecular weight excluding hydrogens is 397 g/mol. The van der Waals surface area contributed by atoms with Gasteiger partial charge in [0.1, 0.15) is 0 Å².